The molecular weight excluding hydrogens is 260 g/mol. The van der Waals surface area contributed by atoms with E-state index >= 15 is 0 Å². The van der Waals surface area contributed by atoms with Crippen LogP contribution in [0.5, 0.6) is 0 Å². The number of hydrogen-bond acceptors (Lipinski definition) is 4. The van der Waals surface area contributed by atoms with Crippen LogP contribution >= 0.6 is 0 Å². The van der Waals surface area contributed by atoms with E-state index in [-0.39, 0.29) is 11.6 Å². The Morgan fingerprint density at radius 2 is 1.95 bits per heavy atom. The molecule has 0 amide bonds. The number of benzene rings is 1. The van der Waals surface area contributed by atoms with Crippen molar-refractivity contribution in [2.75, 3.05) is 14.1 Å². The fraction of sp³-hybridized carbons (Fsp3) is 0.471. The minimum absolute atomic E-state index is 0.0215. The number of hydrazine groups is 1. The van der Waals surface area contributed by atoms with E-state index in [2.05, 4.69) is 67.5 Å². The van der Waals surface area contributed by atoms with E-state index in [0.29, 0.717) is 0 Å². The molecule has 1 aromatic heterocycles. The van der Waals surface area contributed by atoms with E-state index < -0.39 is 0 Å². The van der Waals surface area contributed by atoms with E-state index in [1.54, 1.807) is 0 Å². The highest BCUT2D eigenvalue weighted by Gasteiger charge is 2.38. The maximum Gasteiger partial charge on any atom is 0.0649 e. The number of nitrogens with zero attached hydrogens (tertiary/aromatic N) is 2. The number of fused-ring (bicyclic) bond motifs is 1. The Morgan fingerprint density at radius 3 is 2.52 bits per heavy atom. The van der Waals surface area contributed by atoms with Gasteiger partial charge in [0, 0.05) is 23.3 Å². The fourth-order valence-electron chi connectivity index (χ4n) is 3.48. The summed E-state index contributed by atoms with van der Waals surface area (Å²) >= 11 is 0. The first kappa shape index (κ1) is 15.9. The molecule has 0 fully saturated rings. The molecule has 21 heavy (non-hydrogen) atoms. The molecule has 0 radical (unpaired) electrons. The molecule has 4 nitrogen and oxygen atoms in total. The van der Waals surface area contributed by atoms with Crippen LogP contribution in [0, 0.1) is 0 Å². The minimum atomic E-state index is -0.0215. The SMILES string of the molecule is CCC(CC)(C(NN)c1cccc2cnccc12)N(C)C. The zero-order valence-electron chi connectivity index (χ0n) is 13.4. The predicted octanol–water partition coefficient (Wildman–Crippen LogP) is 2.86. The molecular formula is C17H26N4. The van der Waals surface area contributed by atoms with Crippen LogP contribution in [0.2, 0.25) is 0 Å². The lowest BCUT2D eigenvalue weighted by Crippen LogP contribution is -2.54. The van der Waals surface area contributed by atoms with Gasteiger partial charge < -0.3 is 4.90 Å². The fourth-order valence-corrected chi connectivity index (χ4v) is 3.48. The Balaban J connectivity index is 2.63. The molecule has 0 aliphatic heterocycles. The summed E-state index contributed by atoms with van der Waals surface area (Å²) in [7, 11) is 4.26. The maximum absolute atomic E-state index is 5.98. The molecule has 2 rings (SSSR count). The predicted molar refractivity (Wildman–Crippen MR) is 88.8 cm³/mol. The summed E-state index contributed by atoms with van der Waals surface area (Å²) in [5.74, 6) is 5.98. The average molecular weight is 286 g/mol. The van der Waals surface area contributed by atoms with Crippen molar-refractivity contribution in [3.8, 4) is 0 Å². The normalized spacial score (nSPS) is 13.8. The molecule has 4 heteroatoms. The van der Waals surface area contributed by atoms with Gasteiger partial charge in [0.25, 0.3) is 0 Å². The molecule has 1 atom stereocenters. The maximum atomic E-state index is 5.98. The third-order valence-corrected chi connectivity index (χ3v) is 4.84. The van der Waals surface area contributed by atoms with Crippen molar-refractivity contribution in [2.45, 2.75) is 38.3 Å². The Morgan fingerprint density at radius 1 is 1.24 bits per heavy atom. The van der Waals surface area contributed by atoms with Crippen molar-refractivity contribution >= 4 is 10.8 Å². The Bertz CT molecular complexity index is 585. The second kappa shape index (κ2) is 6.52. The highest BCUT2D eigenvalue weighted by Crippen LogP contribution is 2.38. The number of likely N-dealkylation sites (N-methyl/N-ethyl adjacent to an activating group) is 1. The lowest BCUT2D eigenvalue weighted by molar-refractivity contribution is 0.0888. The van der Waals surface area contributed by atoms with Gasteiger partial charge in [0.2, 0.25) is 0 Å². The Labute approximate surface area is 127 Å². The van der Waals surface area contributed by atoms with Gasteiger partial charge in [-0.15, -0.1) is 0 Å². The quantitative estimate of drug-likeness (QED) is 0.633. The second-order valence-electron chi connectivity index (χ2n) is 5.75. The molecule has 1 aromatic carbocycles. The van der Waals surface area contributed by atoms with Crippen molar-refractivity contribution < 1.29 is 0 Å². The van der Waals surface area contributed by atoms with Gasteiger partial charge >= 0.3 is 0 Å². The largest absolute Gasteiger partial charge is 0.302 e. The minimum Gasteiger partial charge on any atom is -0.302 e. The first-order valence-electron chi connectivity index (χ1n) is 7.57. The summed E-state index contributed by atoms with van der Waals surface area (Å²) in [6.45, 7) is 4.45. The van der Waals surface area contributed by atoms with E-state index in [1.165, 1.54) is 10.9 Å². The molecule has 2 aromatic rings. The number of hydrogen-bond donors (Lipinski definition) is 2. The van der Waals surface area contributed by atoms with E-state index in [4.69, 9.17) is 5.84 Å². The first-order chi connectivity index (χ1) is 10.1. The van der Waals surface area contributed by atoms with Crippen LogP contribution in [0.4, 0.5) is 0 Å². The van der Waals surface area contributed by atoms with Gasteiger partial charge in [0.15, 0.2) is 0 Å². The molecule has 1 heterocycles. The van der Waals surface area contributed by atoms with Crippen molar-refractivity contribution in [2.24, 2.45) is 5.84 Å². The first-order valence-corrected chi connectivity index (χ1v) is 7.57. The number of nitrogens with one attached hydrogen (secondary N) is 1. The zero-order valence-corrected chi connectivity index (χ0v) is 13.4. The summed E-state index contributed by atoms with van der Waals surface area (Å²) in [6.07, 6.45) is 5.79. The second-order valence-corrected chi connectivity index (χ2v) is 5.75. The van der Waals surface area contributed by atoms with Crippen LogP contribution in [0.3, 0.4) is 0 Å². The van der Waals surface area contributed by atoms with Gasteiger partial charge in [-0.05, 0) is 44.0 Å². The number of pyridine rings is 1. The molecule has 1 unspecified atom stereocenters. The van der Waals surface area contributed by atoms with E-state index in [9.17, 15) is 0 Å². The molecule has 114 valence electrons. The van der Waals surface area contributed by atoms with Crippen LogP contribution in [-0.4, -0.2) is 29.5 Å². The van der Waals surface area contributed by atoms with Crippen LogP contribution in [-0.2, 0) is 0 Å². The topological polar surface area (TPSA) is 54.2 Å². The molecule has 0 saturated heterocycles. The smallest absolute Gasteiger partial charge is 0.0649 e. The van der Waals surface area contributed by atoms with Gasteiger partial charge in [-0.3, -0.25) is 16.3 Å². The van der Waals surface area contributed by atoms with Gasteiger partial charge in [0.1, 0.15) is 0 Å². The van der Waals surface area contributed by atoms with Crippen LogP contribution < -0.4 is 11.3 Å². The number of rotatable bonds is 6. The Kier molecular flexibility index (Phi) is 4.93. The van der Waals surface area contributed by atoms with Crippen molar-refractivity contribution in [3.05, 3.63) is 42.2 Å². The molecule has 0 aliphatic rings. The van der Waals surface area contributed by atoms with Crippen molar-refractivity contribution in [1.29, 1.82) is 0 Å². The van der Waals surface area contributed by atoms with Crippen LogP contribution in [0.15, 0.2) is 36.7 Å². The molecule has 0 saturated carbocycles. The lowest BCUT2D eigenvalue weighted by Gasteiger charge is -2.45. The molecule has 0 bridgehead atoms. The van der Waals surface area contributed by atoms with Gasteiger partial charge in [-0.2, -0.15) is 0 Å². The highest BCUT2D eigenvalue weighted by atomic mass is 15.3. The van der Waals surface area contributed by atoms with E-state index in [0.717, 1.165) is 18.2 Å². The Hall–Kier alpha value is -1.49. The summed E-state index contributed by atoms with van der Waals surface area (Å²) in [6, 6.07) is 8.47. The zero-order chi connectivity index (χ0) is 15.5. The third kappa shape index (κ3) is 2.67. The summed E-state index contributed by atoms with van der Waals surface area (Å²) in [5, 5.41) is 2.36. The molecule has 3 N–H and O–H groups in total. The highest BCUT2D eigenvalue weighted by molar-refractivity contribution is 5.85. The van der Waals surface area contributed by atoms with Gasteiger partial charge in [-0.25, -0.2) is 0 Å². The number of nitrogens with two attached hydrogens (primary N) is 1. The van der Waals surface area contributed by atoms with Crippen LogP contribution in [0.25, 0.3) is 10.8 Å². The van der Waals surface area contributed by atoms with Crippen LogP contribution in [0.1, 0.15) is 38.3 Å². The van der Waals surface area contributed by atoms with Crippen molar-refractivity contribution in [1.82, 2.24) is 15.3 Å². The van der Waals surface area contributed by atoms with Gasteiger partial charge in [-0.1, -0.05) is 32.0 Å². The molecule has 0 aliphatic carbocycles. The number of aromatic nitrogens is 1. The van der Waals surface area contributed by atoms with Crippen molar-refractivity contribution in [3.63, 3.8) is 0 Å². The monoisotopic (exact) mass is 286 g/mol. The standard InChI is InChI=1S/C17H26N4/c1-5-17(6-2,21(3)4)16(20-18)15-9-7-8-13-12-19-11-10-14(13)15/h7-12,16,20H,5-6,18H2,1-4H3. The summed E-state index contributed by atoms with van der Waals surface area (Å²) in [4.78, 5) is 6.50. The third-order valence-electron chi connectivity index (χ3n) is 4.84. The van der Waals surface area contributed by atoms with E-state index in [1.807, 2.05) is 12.4 Å². The lowest BCUT2D eigenvalue weighted by atomic mass is 9.79. The van der Waals surface area contributed by atoms with Gasteiger partial charge in [0.05, 0.1) is 6.04 Å². The average Bonchev–Trinajstić information content (AvgIpc) is 2.52. The summed E-state index contributed by atoms with van der Waals surface area (Å²) < 4.78 is 0. The summed E-state index contributed by atoms with van der Waals surface area (Å²) in [5.41, 5.74) is 4.28. The molecule has 0 spiro atoms.